The van der Waals surface area contributed by atoms with Gasteiger partial charge in [-0.1, -0.05) is 178 Å². The lowest BCUT2D eigenvalue weighted by Crippen LogP contribution is -2.14. The van der Waals surface area contributed by atoms with E-state index in [0.717, 1.165) is 0 Å². The third-order valence-electron chi connectivity index (χ3n) is 11.3. The molecule has 0 aromatic heterocycles. The highest BCUT2D eigenvalue weighted by molar-refractivity contribution is 6.21. The fraction of sp³-hybridized carbons (Fsp3) is 0.0588. The lowest BCUT2D eigenvalue weighted by Gasteiger charge is -2.22. The van der Waals surface area contributed by atoms with Crippen LogP contribution >= 0.6 is 0 Å². The Bertz CT molecular complexity index is 2760. The van der Waals surface area contributed by atoms with Gasteiger partial charge in [0.15, 0.2) is 0 Å². The van der Waals surface area contributed by atoms with Crippen LogP contribution in [0.25, 0.3) is 88.0 Å². The average Bonchev–Trinajstić information content (AvgIpc) is 3.42. The van der Waals surface area contributed by atoms with Gasteiger partial charge in [-0.2, -0.15) is 0 Å². The van der Waals surface area contributed by atoms with Crippen LogP contribution in [0.5, 0.6) is 0 Å². The molecule has 0 saturated carbocycles. The van der Waals surface area contributed by atoms with Crippen molar-refractivity contribution in [3.63, 3.8) is 0 Å². The van der Waals surface area contributed by atoms with Crippen molar-refractivity contribution < 1.29 is 0 Å². The quantitative estimate of drug-likeness (QED) is 0.167. The van der Waals surface area contributed by atoms with Crippen LogP contribution in [0.2, 0.25) is 0 Å². The van der Waals surface area contributed by atoms with E-state index in [0.29, 0.717) is 0 Å². The molecule has 0 radical (unpaired) electrons. The first-order chi connectivity index (χ1) is 25.0. The van der Waals surface area contributed by atoms with Crippen LogP contribution in [-0.2, 0) is 5.41 Å². The third kappa shape index (κ3) is 4.68. The van der Waals surface area contributed by atoms with Crippen molar-refractivity contribution in [1.82, 2.24) is 0 Å². The smallest absolute Gasteiger partial charge is 0.0159 e. The van der Waals surface area contributed by atoms with Crippen molar-refractivity contribution in [2.45, 2.75) is 19.3 Å². The van der Waals surface area contributed by atoms with Crippen LogP contribution in [-0.4, -0.2) is 0 Å². The molecule has 0 bridgehead atoms. The maximum absolute atomic E-state index is 2.43. The molecule has 0 atom stereocenters. The van der Waals surface area contributed by atoms with Gasteiger partial charge < -0.3 is 0 Å². The van der Waals surface area contributed by atoms with Gasteiger partial charge in [-0.15, -0.1) is 0 Å². The normalized spacial score (nSPS) is 13.1. The molecule has 1 aliphatic carbocycles. The van der Waals surface area contributed by atoms with Gasteiger partial charge in [0.05, 0.1) is 0 Å². The first-order valence-corrected chi connectivity index (χ1v) is 17.9. The Labute approximate surface area is 299 Å². The maximum atomic E-state index is 2.43. The Morgan fingerprint density at radius 2 is 0.784 bits per heavy atom. The van der Waals surface area contributed by atoms with E-state index in [1.165, 1.54) is 99.1 Å². The van der Waals surface area contributed by atoms with E-state index in [1.54, 1.807) is 0 Å². The van der Waals surface area contributed by atoms with Gasteiger partial charge in [-0.25, -0.2) is 0 Å². The van der Waals surface area contributed by atoms with E-state index < -0.39 is 0 Å². The number of hydrogen-bond acceptors (Lipinski definition) is 0. The van der Waals surface area contributed by atoms with Crippen molar-refractivity contribution in [3.8, 4) is 55.6 Å². The highest BCUT2D eigenvalue weighted by atomic mass is 14.4. The highest BCUT2D eigenvalue weighted by Gasteiger charge is 2.35. The number of fused-ring (bicyclic) bond motifs is 6. The molecule has 0 nitrogen and oxygen atoms in total. The van der Waals surface area contributed by atoms with Crippen molar-refractivity contribution in [2.24, 2.45) is 0 Å². The first-order valence-electron chi connectivity index (χ1n) is 17.9. The summed E-state index contributed by atoms with van der Waals surface area (Å²) in [5, 5.41) is 7.61. The number of rotatable bonds is 4. The molecule has 9 aromatic rings. The van der Waals surface area contributed by atoms with Gasteiger partial charge in [-0.05, 0) is 117 Å². The number of hydrogen-bond donors (Lipinski definition) is 0. The monoisotopic (exact) mass is 648 g/mol. The predicted molar refractivity (Wildman–Crippen MR) is 218 cm³/mol. The Kier molecular flexibility index (Phi) is 6.63. The van der Waals surface area contributed by atoms with Gasteiger partial charge in [0, 0.05) is 5.41 Å². The van der Waals surface area contributed by atoms with Crippen molar-refractivity contribution in [1.29, 1.82) is 0 Å². The molecule has 1 aliphatic rings. The summed E-state index contributed by atoms with van der Waals surface area (Å²) < 4.78 is 0. The second-order valence-electron chi connectivity index (χ2n) is 14.5. The summed E-state index contributed by atoms with van der Waals surface area (Å²) in [5.74, 6) is 0. The first kappa shape index (κ1) is 29.7. The zero-order valence-corrected chi connectivity index (χ0v) is 28.8. The second kappa shape index (κ2) is 11.4. The molecular weight excluding hydrogens is 613 g/mol. The number of benzene rings is 9. The molecule has 0 fully saturated rings. The predicted octanol–water partition coefficient (Wildman–Crippen LogP) is 14.1. The summed E-state index contributed by atoms with van der Waals surface area (Å²) in [6.45, 7) is 4.71. The molecule has 0 amide bonds. The highest BCUT2D eigenvalue weighted by Crippen LogP contribution is 2.50. The van der Waals surface area contributed by atoms with Gasteiger partial charge >= 0.3 is 0 Å². The second-order valence-corrected chi connectivity index (χ2v) is 14.5. The van der Waals surface area contributed by atoms with E-state index in [9.17, 15) is 0 Å². The summed E-state index contributed by atoms with van der Waals surface area (Å²) in [5.41, 5.74) is 15.5. The molecule has 0 aliphatic heterocycles. The molecule has 0 N–H and O–H groups in total. The summed E-state index contributed by atoms with van der Waals surface area (Å²) in [4.78, 5) is 0. The molecule has 51 heavy (non-hydrogen) atoms. The summed E-state index contributed by atoms with van der Waals surface area (Å²) in [6, 6.07) is 67.4. The summed E-state index contributed by atoms with van der Waals surface area (Å²) >= 11 is 0. The van der Waals surface area contributed by atoms with Crippen LogP contribution in [0, 0.1) is 0 Å². The largest absolute Gasteiger partial charge is 0.0619 e. The fourth-order valence-corrected chi connectivity index (χ4v) is 8.69. The van der Waals surface area contributed by atoms with Crippen LogP contribution in [0.15, 0.2) is 182 Å². The molecule has 0 spiro atoms. The fourth-order valence-electron chi connectivity index (χ4n) is 8.69. The molecule has 0 heteroatoms. The Morgan fingerprint density at radius 1 is 0.294 bits per heavy atom. The van der Waals surface area contributed by atoms with E-state index in [-0.39, 0.29) is 5.41 Å². The minimum Gasteiger partial charge on any atom is -0.0619 e. The minimum atomic E-state index is -0.0323. The van der Waals surface area contributed by atoms with Crippen LogP contribution in [0.4, 0.5) is 0 Å². The minimum absolute atomic E-state index is 0.0323. The summed E-state index contributed by atoms with van der Waals surface area (Å²) in [7, 11) is 0. The van der Waals surface area contributed by atoms with E-state index in [1.807, 2.05) is 0 Å². The standard InChI is InChI=1S/C51H36/c1-51(2)47-21-10-9-16-41(47)42-29-28-39(32-48(42)51)37-14-11-15-40(31-37)50-45-19-7-5-17-43(45)49(44-18-6-8-20-46(44)50)35-25-22-34(23-26-35)38-27-24-33-12-3-4-13-36(33)30-38/h3-32H,1-2H3. The van der Waals surface area contributed by atoms with E-state index in [4.69, 9.17) is 0 Å². The third-order valence-corrected chi connectivity index (χ3v) is 11.3. The van der Waals surface area contributed by atoms with Crippen molar-refractivity contribution >= 4 is 32.3 Å². The van der Waals surface area contributed by atoms with E-state index in [2.05, 4.69) is 196 Å². The Hall–Kier alpha value is -6.24. The molecule has 9 aromatic carbocycles. The zero-order valence-electron chi connectivity index (χ0n) is 28.8. The molecule has 240 valence electrons. The lowest BCUT2D eigenvalue weighted by molar-refractivity contribution is 0.660. The molecular formula is C51H36. The van der Waals surface area contributed by atoms with Gasteiger partial charge in [0.2, 0.25) is 0 Å². The average molecular weight is 649 g/mol. The van der Waals surface area contributed by atoms with Crippen molar-refractivity contribution in [3.05, 3.63) is 193 Å². The van der Waals surface area contributed by atoms with Gasteiger partial charge in [-0.3, -0.25) is 0 Å². The molecule has 0 unspecified atom stereocenters. The topological polar surface area (TPSA) is 0 Å². The van der Waals surface area contributed by atoms with Gasteiger partial charge in [0.1, 0.15) is 0 Å². The Morgan fingerprint density at radius 3 is 1.51 bits per heavy atom. The molecule has 0 heterocycles. The molecule has 10 rings (SSSR count). The summed E-state index contributed by atoms with van der Waals surface area (Å²) in [6.07, 6.45) is 0. The SMILES string of the molecule is CC1(C)c2ccccc2-c2ccc(-c3cccc(-c4c5ccccc5c(-c5ccc(-c6ccc7ccccc7c6)cc5)c5ccccc45)c3)cc21. The van der Waals surface area contributed by atoms with Crippen LogP contribution in [0.3, 0.4) is 0 Å². The zero-order chi connectivity index (χ0) is 34.1. The van der Waals surface area contributed by atoms with Crippen molar-refractivity contribution in [2.75, 3.05) is 0 Å². The maximum Gasteiger partial charge on any atom is 0.0159 e. The van der Waals surface area contributed by atoms with Gasteiger partial charge in [0.25, 0.3) is 0 Å². The lowest BCUT2D eigenvalue weighted by atomic mass is 9.81. The Balaban J connectivity index is 1.10. The van der Waals surface area contributed by atoms with E-state index >= 15 is 0 Å². The van der Waals surface area contributed by atoms with Crippen LogP contribution in [0.1, 0.15) is 25.0 Å². The molecule has 0 saturated heterocycles. The van der Waals surface area contributed by atoms with Crippen LogP contribution < -0.4 is 0 Å².